The number of nitrogens with zero attached hydrogens (tertiary/aromatic N) is 1. The van der Waals surface area contributed by atoms with Gasteiger partial charge >= 0.3 is 6.61 Å². The topological polar surface area (TPSA) is 68.9 Å². The summed E-state index contributed by atoms with van der Waals surface area (Å²) in [6.45, 7) is 0.188. The standard InChI is InChI=1S/C13H19F2N3O2.HI/c1-9-3-4-11(20-12(14)15)10(7-9)8-18-13(16)17-5-6-19-2;/h3-4,7,12H,5-6,8H2,1-2H3,(H3,16,17,18);1H. The summed E-state index contributed by atoms with van der Waals surface area (Å²) in [7, 11) is 1.58. The molecule has 5 nitrogen and oxygen atoms in total. The molecule has 0 aliphatic heterocycles. The zero-order valence-corrected chi connectivity index (χ0v) is 14.3. The smallest absolute Gasteiger partial charge is 0.387 e. The molecular formula is C13H20F2IN3O2. The summed E-state index contributed by atoms with van der Waals surface area (Å²) >= 11 is 0. The molecule has 21 heavy (non-hydrogen) atoms. The molecule has 0 radical (unpaired) electrons. The highest BCUT2D eigenvalue weighted by molar-refractivity contribution is 14.0. The Balaban J connectivity index is 0.00000400. The molecule has 0 saturated heterocycles. The molecule has 3 N–H and O–H groups in total. The van der Waals surface area contributed by atoms with E-state index in [0.717, 1.165) is 5.56 Å². The number of alkyl halides is 2. The maximum absolute atomic E-state index is 12.3. The van der Waals surface area contributed by atoms with Gasteiger partial charge in [0.1, 0.15) is 5.75 Å². The van der Waals surface area contributed by atoms with Crippen molar-refractivity contribution in [2.45, 2.75) is 20.1 Å². The molecule has 0 fully saturated rings. The minimum absolute atomic E-state index is 0. The predicted molar refractivity (Wildman–Crippen MR) is 88.4 cm³/mol. The Morgan fingerprint density at radius 1 is 1.43 bits per heavy atom. The molecule has 0 aliphatic rings. The molecule has 0 saturated carbocycles. The van der Waals surface area contributed by atoms with Crippen LogP contribution in [0, 0.1) is 6.92 Å². The van der Waals surface area contributed by atoms with Crippen LogP contribution in [-0.2, 0) is 11.3 Å². The fourth-order valence-corrected chi connectivity index (χ4v) is 1.55. The van der Waals surface area contributed by atoms with E-state index in [-0.39, 0.29) is 42.2 Å². The largest absolute Gasteiger partial charge is 0.434 e. The molecule has 0 bridgehead atoms. The lowest BCUT2D eigenvalue weighted by molar-refractivity contribution is -0.0504. The molecule has 1 rings (SSSR count). The van der Waals surface area contributed by atoms with Gasteiger partial charge in [0.2, 0.25) is 0 Å². The third kappa shape index (κ3) is 8.00. The van der Waals surface area contributed by atoms with E-state index in [1.807, 2.05) is 6.92 Å². The summed E-state index contributed by atoms with van der Waals surface area (Å²) in [4.78, 5) is 4.08. The lowest BCUT2D eigenvalue weighted by Gasteiger charge is -2.10. The highest BCUT2D eigenvalue weighted by Crippen LogP contribution is 2.22. The van der Waals surface area contributed by atoms with Crippen LogP contribution in [0.4, 0.5) is 8.78 Å². The van der Waals surface area contributed by atoms with Gasteiger partial charge in [0.15, 0.2) is 5.96 Å². The van der Waals surface area contributed by atoms with Crippen LogP contribution in [0.2, 0.25) is 0 Å². The molecule has 8 heteroatoms. The van der Waals surface area contributed by atoms with E-state index in [9.17, 15) is 8.78 Å². The molecule has 1 aromatic carbocycles. The first-order valence-electron chi connectivity index (χ1n) is 6.10. The third-order valence-corrected chi connectivity index (χ3v) is 2.46. The monoisotopic (exact) mass is 415 g/mol. The van der Waals surface area contributed by atoms with Gasteiger partial charge in [-0.15, -0.1) is 24.0 Å². The number of nitrogens with two attached hydrogens (primary N) is 1. The van der Waals surface area contributed by atoms with E-state index in [2.05, 4.69) is 15.0 Å². The quantitative estimate of drug-likeness (QED) is 0.310. The van der Waals surface area contributed by atoms with Crippen molar-refractivity contribution in [3.05, 3.63) is 29.3 Å². The second-order valence-electron chi connectivity index (χ2n) is 4.11. The van der Waals surface area contributed by atoms with Crippen molar-refractivity contribution in [3.8, 4) is 5.75 Å². The normalized spacial score (nSPS) is 11.2. The minimum atomic E-state index is -2.86. The Labute approximate surface area is 139 Å². The SMILES string of the molecule is COCCNC(N)=NCc1cc(C)ccc1OC(F)F.I. The van der Waals surface area contributed by atoms with Gasteiger partial charge in [0.25, 0.3) is 0 Å². The number of aryl methyl sites for hydroxylation is 1. The van der Waals surface area contributed by atoms with Crippen LogP contribution < -0.4 is 15.8 Å². The highest BCUT2D eigenvalue weighted by atomic mass is 127. The van der Waals surface area contributed by atoms with Crippen LogP contribution in [0.15, 0.2) is 23.2 Å². The summed E-state index contributed by atoms with van der Waals surface area (Å²) in [6, 6.07) is 4.94. The summed E-state index contributed by atoms with van der Waals surface area (Å²) in [5, 5.41) is 2.84. The van der Waals surface area contributed by atoms with E-state index >= 15 is 0 Å². The zero-order valence-electron chi connectivity index (χ0n) is 11.9. The number of guanidine groups is 1. The summed E-state index contributed by atoms with van der Waals surface area (Å²) in [5.41, 5.74) is 7.14. The number of hydrogen-bond donors (Lipinski definition) is 2. The van der Waals surface area contributed by atoms with E-state index in [1.165, 1.54) is 6.07 Å². The van der Waals surface area contributed by atoms with E-state index in [0.29, 0.717) is 18.7 Å². The van der Waals surface area contributed by atoms with Gasteiger partial charge in [0, 0.05) is 19.2 Å². The Bertz CT molecular complexity index is 459. The first-order valence-corrected chi connectivity index (χ1v) is 6.10. The molecule has 0 amide bonds. The fourth-order valence-electron chi connectivity index (χ4n) is 1.55. The molecular weight excluding hydrogens is 395 g/mol. The van der Waals surface area contributed by atoms with Crippen molar-refractivity contribution < 1.29 is 18.3 Å². The lowest BCUT2D eigenvalue weighted by Crippen LogP contribution is -2.34. The molecule has 0 aliphatic carbocycles. The molecule has 0 spiro atoms. The molecule has 0 aromatic heterocycles. The minimum Gasteiger partial charge on any atom is -0.434 e. The molecule has 0 heterocycles. The number of rotatable bonds is 7. The van der Waals surface area contributed by atoms with Crippen LogP contribution in [0.5, 0.6) is 5.75 Å². The number of aliphatic imine (C=N–C) groups is 1. The van der Waals surface area contributed by atoms with Gasteiger partial charge in [-0.3, -0.25) is 0 Å². The average Bonchev–Trinajstić information content (AvgIpc) is 2.39. The molecule has 0 atom stereocenters. The molecule has 120 valence electrons. The van der Waals surface area contributed by atoms with Gasteiger partial charge < -0.3 is 20.5 Å². The number of benzene rings is 1. The maximum atomic E-state index is 12.3. The van der Waals surface area contributed by atoms with Gasteiger partial charge in [-0.25, -0.2) is 4.99 Å². The van der Waals surface area contributed by atoms with Crippen LogP contribution in [-0.4, -0.2) is 32.8 Å². The number of hydrogen-bond acceptors (Lipinski definition) is 3. The van der Waals surface area contributed by atoms with Crippen molar-refractivity contribution in [2.24, 2.45) is 10.7 Å². The first kappa shape index (κ1) is 19.8. The van der Waals surface area contributed by atoms with Gasteiger partial charge in [-0.05, 0) is 13.0 Å². The zero-order chi connectivity index (χ0) is 15.0. The van der Waals surface area contributed by atoms with E-state index < -0.39 is 6.61 Å². The fraction of sp³-hybridized carbons (Fsp3) is 0.462. The Kier molecular flexibility index (Phi) is 9.97. The van der Waals surface area contributed by atoms with Crippen molar-refractivity contribution in [2.75, 3.05) is 20.3 Å². The summed E-state index contributed by atoms with van der Waals surface area (Å²) < 4.78 is 33.9. The van der Waals surface area contributed by atoms with Gasteiger partial charge in [-0.2, -0.15) is 8.78 Å². The van der Waals surface area contributed by atoms with Crippen molar-refractivity contribution in [3.63, 3.8) is 0 Å². The van der Waals surface area contributed by atoms with Crippen molar-refractivity contribution >= 4 is 29.9 Å². The van der Waals surface area contributed by atoms with Crippen LogP contribution in [0.3, 0.4) is 0 Å². The maximum Gasteiger partial charge on any atom is 0.387 e. The Morgan fingerprint density at radius 3 is 2.76 bits per heavy atom. The van der Waals surface area contributed by atoms with Gasteiger partial charge in [-0.1, -0.05) is 17.7 Å². The molecule has 0 unspecified atom stereocenters. The number of ether oxygens (including phenoxy) is 2. The third-order valence-electron chi connectivity index (χ3n) is 2.46. The van der Waals surface area contributed by atoms with E-state index in [4.69, 9.17) is 10.5 Å². The first-order chi connectivity index (χ1) is 9.52. The average molecular weight is 415 g/mol. The van der Waals surface area contributed by atoms with Crippen LogP contribution in [0.1, 0.15) is 11.1 Å². The number of nitrogens with one attached hydrogen (secondary N) is 1. The van der Waals surface area contributed by atoms with Gasteiger partial charge in [0.05, 0.1) is 13.2 Å². The van der Waals surface area contributed by atoms with Crippen LogP contribution in [0.25, 0.3) is 0 Å². The summed E-state index contributed by atoms with van der Waals surface area (Å²) in [5.74, 6) is 0.339. The van der Waals surface area contributed by atoms with E-state index in [1.54, 1.807) is 19.2 Å². The second kappa shape index (κ2) is 10.6. The van der Waals surface area contributed by atoms with Crippen LogP contribution >= 0.6 is 24.0 Å². The molecule has 1 aromatic rings. The Morgan fingerprint density at radius 2 is 2.14 bits per heavy atom. The lowest BCUT2D eigenvalue weighted by atomic mass is 10.1. The van der Waals surface area contributed by atoms with Crippen molar-refractivity contribution in [1.82, 2.24) is 5.32 Å². The van der Waals surface area contributed by atoms with Crippen molar-refractivity contribution in [1.29, 1.82) is 0 Å². The highest BCUT2D eigenvalue weighted by Gasteiger charge is 2.09. The predicted octanol–water partition coefficient (Wildman–Crippen LogP) is 2.27. The number of methoxy groups -OCH3 is 1. The Hall–Kier alpha value is -1.16. The second-order valence-corrected chi connectivity index (χ2v) is 4.11. The number of halogens is 3. The summed E-state index contributed by atoms with van der Waals surface area (Å²) in [6.07, 6.45) is 0.